The molecule has 0 aliphatic carbocycles. The van der Waals surface area contributed by atoms with Gasteiger partial charge in [-0.05, 0) is 49.1 Å². The molecule has 0 bridgehead atoms. The predicted molar refractivity (Wildman–Crippen MR) is 85.9 cm³/mol. The second kappa shape index (κ2) is 6.54. The molecule has 1 aromatic carbocycles. The predicted octanol–water partition coefficient (Wildman–Crippen LogP) is 4.71. The van der Waals surface area contributed by atoms with E-state index in [1.165, 1.54) is 0 Å². The Bertz CT molecular complexity index is 632. The molecule has 0 spiro atoms. The summed E-state index contributed by atoms with van der Waals surface area (Å²) >= 11 is 6.28. The van der Waals surface area contributed by atoms with Crippen molar-refractivity contribution in [3.8, 4) is 5.75 Å². The van der Waals surface area contributed by atoms with Crippen LogP contribution in [-0.4, -0.2) is 0 Å². The van der Waals surface area contributed by atoms with Crippen LogP contribution in [0.1, 0.15) is 48.0 Å². The molecule has 114 valence electrons. The van der Waals surface area contributed by atoms with E-state index in [1.807, 2.05) is 32.0 Å². The number of rotatable bonds is 5. The van der Waals surface area contributed by atoms with E-state index in [0.29, 0.717) is 19.1 Å². The molecule has 2 aromatic rings. The fraction of sp³-hybridized carbons (Fsp3) is 0.412. The zero-order chi connectivity index (χ0) is 15.6. The van der Waals surface area contributed by atoms with Gasteiger partial charge in [-0.15, -0.1) is 0 Å². The molecule has 0 unspecified atom stereocenters. The van der Waals surface area contributed by atoms with Gasteiger partial charge in [0, 0.05) is 10.6 Å². The lowest BCUT2D eigenvalue weighted by Crippen LogP contribution is -2.00. The fourth-order valence-corrected chi connectivity index (χ4v) is 2.69. The van der Waals surface area contributed by atoms with Crippen LogP contribution < -0.4 is 10.5 Å². The number of aryl methyl sites for hydroxylation is 2. The van der Waals surface area contributed by atoms with Gasteiger partial charge in [-0.3, -0.25) is 0 Å². The first-order chi connectivity index (χ1) is 9.92. The van der Waals surface area contributed by atoms with Crippen LogP contribution in [0.5, 0.6) is 5.75 Å². The lowest BCUT2D eigenvalue weighted by molar-refractivity contribution is 0.300. The van der Waals surface area contributed by atoms with Crippen LogP contribution in [0.25, 0.3) is 0 Å². The maximum atomic E-state index is 6.28. The molecule has 2 N–H and O–H groups in total. The van der Waals surface area contributed by atoms with Crippen molar-refractivity contribution < 1.29 is 9.15 Å². The number of nitrogens with two attached hydrogens (primary N) is 1. The summed E-state index contributed by atoms with van der Waals surface area (Å²) in [5.41, 5.74) is 8.74. The van der Waals surface area contributed by atoms with E-state index in [1.54, 1.807) is 0 Å². The van der Waals surface area contributed by atoms with Gasteiger partial charge in [0.05, 0.1) is 6.54 Å². The molecule has 2 rings (SSSR count). The lowest BCUT2D eigenvalue weighted by atomic mass is 10.0. The highest BCUT2D eigenvalue weighted by Crippen LogP contribution is 2.32. The molecule has 0 saturated carbocycles. The van der Waals surface area contributed by atoms with Crippen LogP contribution in [0.3, 0.4) is 0 Å². The van der Waals surface area contributed by atoms with Crippen molar-refractivity contribution >= 4 is 11.6 Å². The standard InChI is InChI=1S/C17H22ClNO2/c1-10(2)15-7-17(11(3)5-16(15)18)20-9-13-6-14(8-19)21-12(13)4/h5-7,10H,8-9,19H2,1-4H3. The van der Waals surface area contributed by atoms with E-state index in [4.69, 9.17) is 26.5 Å². The van der Waals surface area contributed by atoms with E-state index >= 15 is 0 Å². The van der Waals surface area contributed by atoms with Gasteiger partial charge in [-0.2, -0.15) is 0 Å². The van der Waals surface area contributed by atoms with E-state index in [-0.39, 0.29) is 0 Å². The normalized spacial score (nSPS) is 11.2. The fourth-order valence-electron chi connectivity index (χ4n) is 2.25. The van der Waals surface area contributed by atoms with Crippen molar-refractivity contribution in [1.82, 2.24) is 0 Å². The highest BCUT2D eigenvalue weighted by atomic mass is 35.5. The first kappa shape index (κ1) is 15.9. The molecule has 1 aromatic heterocycles. The maximum Gasteiger partial charge on any atom is 0.123 e. The SMILES string of the molecule is Cc1cc(Cl)c(C(C)C)cc1OCc1cc(CN)oc1C. The van der Waals surface area contributed by atoms with Crippen LogP contribution in [0.2, 0.25) is 5.02 Å². The van der Waals surface area contributed by atoms with Gasteiger partial charge >= 0.3 is 0 Å². The molecule has 21 heavy (non-hydrogen) atoms. The largest absolute Gasteiger partial charge is 0.488 e. The molecule has 1 heterocycles. The van der Waals surface area contributed by atoms with E-state index in [2.05, 4.69) is 13.8 Å². The molecular formula is C17H22ClNO2. The quantitative estimate of drug-likeness (QED) is 0.870. The monoisotopic (exact) mass is 307 g/mol. The summed E-state index contributed by atoms with van der Waals surface area (Å²) in [7, 11) is 0. The summed E-state index contributed by atoms with van der Waals surface area (Å²) in [6.45, 7) is 9.03. The summed E-state index contributed by atoms with van der Waals surface area (Å²) in [6.07, 6.45) is 0. The highest BCUT2D eigenvalue weighted by Gasteiger charge is 2.12. The van der Waals surface area contributed by atoms with Gasteiger partial charge in [-0.1, -0.05) is 25.4 Å². The average Bonchev–Trinajstić information content (AvgIpc) is 2.78. The van der Waals surface area contributed by atoms with Crippen LogP contribution in [0.4, 0.5) is 0 Å². The Morgan fingerprint density at radius 1 is 1.24 bits per heavy atom. The molecule has 0 saturated heterocycles. The van der Waals surface area contributed by atoms with Crippen LogP contribution in [0.15, 0.2) is 22.6 Å². The minimum atomic E-state index is 0.361. The van der Waals surface area contributed by atoms with Crippen molar-refractivity contribution in [2.75, 3.05) is 0 Å². The Labute approximate surface area is 131 Å². The Morgan fingerprint density at radius 2 is 1.95 bits per heavy atom. The Morgan fingerprint density at radius 3 is 2.52 bits per heavy atom. The van der Waals surface area contributed by atoms with Crippen molar-refractivity contribution in [2.45, 2.75) is 46.8 Å². The first-order valence-corrected chi connectivity index (χ1v) is 7.51. The zero-order valence-corrected chi connectivity index (χ0v) is 13.8. The third-order valence-electron chi connectivity index (χ3n) is 3.57. The first-order valence-electron chi connectivity index (χ1n) is 7.13. The molecule has 0 aliphatic rings. The van der Waals surface area contributed by atoms with E-state index < -0.39 is 0 Å². The molecular weight excluding hydrogens is 286 g/mol. The molecule has 0 fully saturated rings. The topological polar surface area (TPSA) is 48.4 Å². The van der Waals surface area contributed by atoms with Crippen molar-refractivity contribution in [3.63, 3.8) is 0 Å². The van der Waals surface area contributed by atoms with Crippen LogP contribution >= 0.6 is 11.6 Å². The summed E-state index contributed by atoms with van der Waals surface area (Å²) in [5.74, 6) is 2.85. The Balaban J connectivity index is 2.19. The number of benzene rings is 1. The Hall–Kier alpha value is -1.45. The summed E-state index contributed by atoms with van der Waals surface area (Å²) in [4.78, 5) is 0. The number of furan rings is 1. The van der Waals surface area contributed by atoms with E-state index in [0.717, 1.165) is 39.0 Å². The van der Waals surface area contributed by atoms with Crippen molar-refractivity contribution in [1.29, 1.82) is 0 Å². The van der Waals surface area contributed by atoms with E-state index in [9.17, 15) is 0 Å². The Kier molecular flexibility index (Phi) is 4.96. The molecule has 0 amide bonds. The van der Waals surface area contributed by atoms with Gasteiger partial charge in [0.2, 0.25) is 0 Å². The maximum absolute atomic E-state index is 6.28. The smallest absolute Gasteiger partial charge is 0.123 e. The number of halogens is 1. The minimum absolute atomic E-state index is 0.361. The summed E-state index contributed by atoms with van der Waals surface area (Å²) in [5, 5.41) is 0.791. The average molecular weight is 308 g/mol. The number of hydrogen-bond donors (Lipinski definition) is 1. The second-order valence-electron chi connectivity index (χ2n) is 5.58. The summed E-state index contributed by atoms with van der Waals surface area (Å²) < 4.78 is 11.5. The molecule has 0 atom stereocenters. The number of ether oxygens (including phenoxy) is 1. The van der Waals surface area contributed by atoms with Crippen LogP contribution in [0, 0.1) is 13.8 Å². The molecule has 0 aliphatic heterocycles. The van der Waals surface area contributed by atoms with Gasteiger partial charge in [0.15, 0.2) is 0 Å². The van der Waals surface area contributed by atoms with Gasteiger partial charge in [0.1, 0.15) is 23.9 Å². The third-order valence-corrected chi connectivity index (χ3v) is 3.90. The molecule has 0 radical (unpaired) electrons. The molecule has 3 nitrogen and oxygen atoms in total. The minimum Gasteiger partial charge on any atom is -0.488 e. The zero-order valence-electron chi connectivity index (χ0n) is 13.0. The second-order valence-corrected chi connectivity index (χ2v) is 5.99. The van der Waals surface area contributed by atoms with Gasteiger partial charge in [0.25, 0.3) is 0 Å². The highest BCUT2D eigenvalue weighted by molar-refractivity contribution is 6.31. The van der Waals surface area contributed by atoms with Gasteiger partial charge in [-0.25, -0.2) is 0 Å². The molecule has 4 heteroatoms. The summed E-state index contributed by atoms with van der Waals surface area (Å²) in [6, 6.07) is 5.94. The third kappa shape index (κ3) is 3.60. The lowest BCUT2D eigenvalue weighted by Gasteiger charge is -2.14. The van der Waals surface area contributed by atoms with Crippen molar-refractivity contribution in [3.05, 3.63) is 51.4 Å². The van der Waals surface area contributed by atoms with Gasteiger partial charge < -0.3 is 14.9 Å². The van der Waals surface area contributed by atoms with Crippen molar-refractivity contribution in [2.24, 2.45) is 5.73 Å². The number of hydrogen-bond acceptors (Lipinski definition) is 3. The van der Waals surface area contributed by atoms with Crippen LogP contribution in [-0.2, 0) is 13.2 Å².